The lowest BCUT2D eigenvalue weighted by molar-refractivity contribution is 0.0996. The Morgan fingerprint density at radius 3 is 2.52 bits per heavy atom. The summed E-state index contributed by atoms with van der Waals surface area (Å²) >= 11 is 0. The van der Waals surface area contributed by atoms with Crippen LogP contribution in [0.15, 0.2) is 47.7 Å². The number of rotatable bonds is 8. The number of hydrogen-bond donors (Lipinski definition) is 1. The second kappa shape index (κ2) is 8.35. The van der Waals surface area contributed by atoms with Gasteiger partial charge in [0.2, 0.25) is 0 Å². The van der Waals surface area contributed by atoms with Gasteiger partial charge in [0, 0.05) is 19.0 Å². The van der Waals surface area contributed by atoms with Crippen LogP contribution in [0.2, 0.25) is 0 Å². The summed E-state index contributed by atoms with van der Waals surface area (Å²) in [6, 6.07) is 10.2. The Bertz CT molecular complexity index is 458. The van der Waals surface area contributed by atoms with E-state index in [1.165, 1.54) is 0 Å². The zero-order valence-corrected chi connectivity index (χ0v) is 13.5. The zero-order valence-electron chi connectivity index (χ0n) is 13.5. The minimum Gasteiger partial charge on any atom is -0.490 e. The van der Waals surface area contributed by atoms with Gasteiger partial charge in [-0.25, -0.2) is 4.99 Å². The Hall–Kier alpha value is -1.97. The van der Waals surface area contributed by atoms with Crippen LogP contribution in [0, 0.1) is 5.92 Å². The SMILES string of the molecule is C=C(N)N=CN(C)C(C)[C@H](C)[C@@H](CC)Oc1ccccc1. The highest BCUT2D eigenvalue weighted by molar-refractivity contribution is 5.56. The van der Waals surface area contributed by atoms with E-state index in [0.717, 1.165) is 12.2 Å². The third-order valence-corrected chi connectivity index (χ3v) is 3.83. The average Bonchev–Trinajstić information content (AvgIpc) is 2.49. The highest BCUT2D eigenvalue weighted by Crippen LogP contribution is 2.21. The standard InChI is InChI=1S/C17H27N3O/c1-6-17(21-16-10-8-7-9-11-16)13(2)14(3)20(5)12-19-15(4)18/h7-14,17H,4,6,18H2,1-3,5H3/t13-,14?,17+/m0/s1. The maximum atomic E-state index is 6.11. The molecule has 0 saturated carbocycles. The van der Waals surface area contributed by atoms with Gasteiger partial charge in [0.1, 0.15) is 17.7 Å². The van der Waals surface area contributed by atoms with E-state index < -0.39 is 0 Å². The number of aliphatic imine (C=N–C) groups is 1. The fraction of sp³-hybridized carbons (Fsp3) is 0.471. The highest BCUT2D eigenvalue weighted by Gasteiger charge is 2.25. The molecule has 0 radical (unpaired) electrons. The van der Waals surface area contributed by atoms with Gasteiger partial charge in [0.05, 0.1) is 6.34 Å². The first-order chi connectivity index (χ1) is 9.95. The number of ether oxygens (including phenoxy) is 1. The van der Waals surface area contributed by atoms with Gasteiger partial charge in [-0.15, -0.1) is 0 Å². The summed E-state index contributed by atoms with van der Waals surface area (Å²) in [6.07, 6.45) is 2.83. The predicted octanol–water partition coefficient (Wildman–Crippen LogP) is 3.26. The first kappa shape index (κ1) is 17.1. The van der Waals surface area contributed by atoms with Crippen molar-refractivity contribution in [3.63, 3.8) is 0 Å². The zero-order chi connectivity index (χ0) is 15.8. The van der Waals surface area contributed by atoms with E-state index in [0.29, 0.717) is 11.7 Å². The van der Waals surface area contributed by atoms with E-state index in [9.17, 15) is 0 Å². The maximum Gasteiger partial charge on any atom is 0.119 e. The van der Waals surface area contributed by atoms with Crippen LogP contribution in [-0.4, -0.2) is 30.4 Å². The van der Waals surface area contributed by atoms with E-state index in [2.05, 4.69) is 32.3 Å². The monoisotopic (exact) mass is 289 g/mol. The van der Waals surface area contributed by atoms with E-state index in [-0.39, 0.29) is 12.1 Å². The van der Waals surface area contributed by atoms with E-state index >= 15 is 0 Å². The number of nitrogens with zero attached hydrogens (tertiary/aromatic N) is 2. The molecule has 0 saturated heterocycles. The van der Waals surface area contributed by atoms with Crippen LogP contribution in [0.5, 0.6) is 5.75 Å². The van der Waals surface area contributed by atoms with Crippen LogP contribution in [0.3, 0.4) is 0 Å². The van der Waals surface area contributed by atoms with Gasteiger partial charge in [-0.05, 0) is 25.5 Å². The molecule has 0 aromatic heterocycles. The van der Waals surface area contributed by atoms with Crippen molar-refractivity contribution in [2.45, 2.75) is 39.3 Å². The summed E-state index contributed by atoms with van der Waals surface area (Å²) < 4.78 is 6.11. The van der Waals surface area contributed by atoms with E-state index in [4.69, 9.17) is 10.5 Å². The topological polar surface area (TPSA) is 50.8 Å². The molecule has 3 atom stereocenters. The summed E-state index contributed by atoms with van der Waals surface area (Å²) in [5.41, 5.74) is 5.46. The first-order valence-electron chi connectivity index (χ1n) is 7.37. The van der Waals surface area contributed by atoms with Crippen LogP contribution in [0.1, 0.15) is 27.2 Å². The molecule has 4 heteroatoms. The Morgan fingerprint density at radius 2 is 2.00 bits per heavy atom. The van der Waals surface area contributed by atoms with E-state index in [1.54, 1.807) is 6.34 Å². The van der Waals surface area contributed by atoms with Crippen LogP contribution >= 0.6 is 0 Å². The minimum atomic E-state index is 0.152. The van der Waals surface area contributed by atoms with Crippen molar-refractivity contribution in [3.05, 3.63) is 42.7 Å². The summed E-state index contributed by atoms with van der Waals surface area (Å²) in [4.78, 5) is 6.08. The molecular formula is C17H27N3O. The summed E-state index contributed by atoms with van der Waals surface area (Å²) in [6.45, 7) is 10.1. The van der Waals surface area contributed by atoms with Crippen molar-refractivity contribution in [1.82, 2.24) is 4.90 Å². The van der Waals surface area contributed by atoms with Gasteiger partial charge in [-0.2, -0.15) is 0 Å². The normalized spacial score (nSPS) is 15.4. The molecule has 0 spiro atoms. The average molecular weight is 289 g/mol. The highest BCUT2D eigenvalue weighted by atomic mass is 16.5. The van der Waals surface area contributed by atoms with Crippen molar-refractivity contribution < 1.29 is 4.74 Å². The van der Waals surface area contributed by atoms with Crippen molar-refractivity contribution in [2.24, 2.45) is 16.6 Å². The van der Waals surface area contributed by atoms with Crippen molar-refractivity contribution >= 4 is 6.34 Å². The lowest BCUT2D eigenvalue weighted by Crippen LogP contribution is -2.41. The number of hydrogen-bond acceptors (Lipinski definition) is 3. The van der Waals surface area contributed by atoms with Gasteiger partial charge in [0.25, 0.3) is 0 Å². The summed E-state index contributed by atoms with van der Waals surface area (Å²) in [5, 5.41) is 0. The molecule has 1 rings (SSSR count). The lowest BCUT2D eigenvalue weighted by atomic mass is 9.94. The van der Waals surface area contributed by atoms with Gasteiger partial charge >= 0.3 is 0 Å². The van der Waals surface area contributed by atoms with Crippen molar-refractivity contribution in [2.75, 3.05) is 7.05 Å². The molecule has 0 amide bonds. The van der Waals surface area contributed by atoms with Crippen molar-refractivity contribution in [1.29, 1.82) is 0 Å². The maximum absolute atomic E-state index is 6.11. The molecule has 4 nitrogen and oxygen atoms in total. The summed E-state index contributed by atoms with van der Waals surface area (Å²) in [5.74, 6) is 1.57. The van der Waals surface area contributed by atoms with Gasteiger partial charge < -0.3 is 15.4 Å². The predicted molar refractivity (Wildman–Crippen MR) is 89.4 cm³/mol. The Labute approximate surface area is 128 Å². The van der Waals surface area contributed by atoms with Crippen LogP contribution in [-0.2, 0) is 0 Å². The summed E-state index contributed by atoms with van der Waals surface area (Å²) in [7, 11) is 1.99. The Kier molecular flexibility index (Phi) is 6.79. The van der Waals surface area contributed by atoms with Gasteiger partial charge in [-0.1, -0.05) is 38.6 Å². The second-order valence-corrected chi connectivity index (χ2v) is 5.38. The third-order valence-electron chi connectivity index (χ3n) is 3.83. The van der Waals surface area contributed by atoms with Crippen LogP contribution in [0.25, 0.3) is 0 Å². The molecule has 1 aromatic rings. The number of para-hydroxylation sites is 1. The largest absolute Gasteiger partial charge is 0.490 e. The van der Waals surface area contributed by atoms with E-state index in [1.807, 2.05) is 42.3 Å². The number of benzene rings is 1. The smallest absolute Gasteiger partial charge is 0.119 e. The fourth-order valence-corrected chi connectivity index (χ4v) is 2.19. The lowest BCUT2D eigenvalue weighted by Gasteiger charge is -2.33. The molecular weight excluding hydrogens is 262 g/mol. The fourth-order valence-electron chi connectivity index (χ4n) is 2.19. The molecule has 2 N–H and O–H groups in total. The molecule has 0 aliphatic heterocycles. The molecule has 0 heterocycles. The third kappa shape index (κ3) is 5.50. The molecule has 0 aliphatic rings. The van der Waals surface area contributed by atoms with Crippen LogP contribution in [0.4, 0.5) is 0 Å². The van der Waals surface area contributed by atoms with Crippen LogP contribution < -0.4 is 10.5 Å². The molecule has 0 bridgehead atoms. The minimum absolute atomic E-state index is 0.152. The van der Waals surface area contributed by atoms with Gasteiger partial charge in [-0.3, -0.25) is 0 Å². The molecule has 116 valence electrons. The quantitative estimate of drug-likeness (QED) is 0.590. The number of nitrogens with two attached hydrogens (primary N) is 1. The molecule has 0 fully saturated rings. The molecule has 21 heavy (non-hydrogen) atoms. The molecule has 1 aromatic carbocycles. The molecule has 0 aliphatic carbocycles. The second-order valence-electron chi connectivity index (χ2n) is 5.38. The van der Waals surface area contributed by atoms with Crippen molar-refractivity contribution in [3.8, 4) is 5.75 Å². The first-order valence-corrected chi connectivity index (χ1v) is 7.37. The Morgan fingerprint density at radius 1 is 1.38 bits per heavy atom. The van der Waals surface area contributed by atoms with Gasteiger partial charge in [0.15, 0.2) is 0 Å². The Balaban J connectivity index is 2.69. The molecule has 1 unspecified atom stereocenters.